The smallest absolute Gasteiger partial charge is 0.320 e. The van der Waals surface area contributed by atoms with Gasteiger partial charge in [0.1, 0.15) is 29.3 Å². The first-order chi connectivity index (χ1) is 19.2. The molecule has 0 spiro atoms. The van der Waals surface area contributed by atoms with Crippen LogP contribution in [0.3, 0.4) is 0 Å². The van der Waals surface area contributed by atoms with Gasteiger partial charge in [-0.15, -0.1) is 0 Å². The van der Waals surface area contributed by atoms with E-state index in [0.29, 0.717) is 4.47 Å². The highest BCUT2D eigenvalue weighted by Crippen LogP contribution is 2.59. The van der Waals surface area contributed by atoms with Gasteiger partial charge in [-0.25, -0.2) is 0 Å². The Morgan fingerprint density at radius 3 is 1.54 bits per heavy atom. The predicted octanol–water partition coefficient (Wildman–Crippen LogP) is 8.37. The molecule has 0 saturated carbocycles. The summed E-state index contributed by atoms with van der Waals surface area (Å²) < 4.78 is 94.6. The van der Waals surface area contributed by atoms with Crippen LogP contribution in [-0.2, 0) is 11.0 Å². The summed E-state index contributed by atoms with van der Waals surface area (Å²) in [6.07, 6.45) is -6.60. The fraction of sp³-hybridized carbons (Fsp3) is 0.138. The van der Waals surface area contributed by atoms with E-state index in [9.17, 15) is 35.5 Å². The first-order valence-corrected chi connectivity index (χ1v) is 15.0. The van der Waals surface area contributed by atoms with E-state index < -0.39 is 36.9 Å². The van der Waals surface area contributed by atoms with Crippen molar-refractivity contribution in [2.75, 3.05) is 5.32 Å². The standard InChI is InChI=1S/C29H19BrClF7NOP/c30-23-16-19(25(17-24(23)31)39-26(40)27(32,33)28(34,35)29(36,37)38)18-41(20-10-4-1-5-11-20,21-12-6-2-7-13-21)22-14-8-3-9-15-22/h1-17H,18H2/p+1. The van der Waals surface area contributed by atoms with Gasteiger partial charge in [-0.2, -0.15) is 30.7 Å². The second-order valence-corrected chi connectivity index (χ2v) is 13.7. The van der Waals surface area contributed by atoms with Crippen LogP contribution >= 0.6 is 34.8 Å². The maximum Gasteiger partial charge on any atom is 0.460 e. The van der Waals surface area contributed by atoms with Crippen molar-refractivity contribution in [3.05, 3.63) is 118 Å². The topological polar surface area (TPSA) is 29.1 Å². The highest BCUT2D eigenvalue weighted by atomic mass is 79.9. The number of anilines is 1. The Kier molecular flexibility index (Phi) is 8.88. The minimum atomic E-state index is -6.66. The molecule has 4 aromatic rings. The summed E-state index contributed by atoms with van der Waals surface area (Å²) in [6, 6.07) is 30.3. The van der Waals surface area contributed by atoms with E-state index in [-0.39, 0.29) is 16.7 Å². The van der Waals surface area contributed by atoms with E-state index >= 15 is 0 Å². The number of hydrogen-bond donors (Lipinski definition) is 1. The molecule has 2 nitrogen and oxygen atoms in total. The van der Waals surface area contributed by atoms with E-state index in [2.05, 4.69) is 15.9 Å². The monoisotopic (exact) mass is 676 g/mol. The molecule has 0 heterocycles. The van der Waals surface area contributed by atoms with Crippen molar-refractivity contribution in [2.24, 2.45) is 0 Å². The SMILES string of the molecule is O=C(Nc1cc(Cl)c(Br)cc1C[P+](c1ccccc1)(c1ccccc1)c1ccccc1)C(F)(F)C(F)(F)C(F)(F)F. The molecule has 0 bridgehead atoms. The van der Waals surface area contributed by atoms with Crippen molar-refractivity contribution in [1.29, 1.82) is 0 Å². The number of nitrogens with one attached hydrogen (secondary N) is 1. The van der Waals surface area contributed by atoms with Crippen LogP contribution in [0.15, 0.2) is 108 Å². The third kappa shape index (κ3) is 5.87. The fourth-order valence-corrected chi connectivity index (χ4v) is 9.19. The maximum atomic E-state index is 14.3. The van der Waals surface area contributed by atoms with Gasteiger partial charge in [0.25, 0.3) is 0 Å². The highest BCUT2D eigenvalue weighted by molar-refractivity contribution is 9.10. The van der Waals surface area contributed by atoms with E-state index in [4.69, 9.17) is 11.6 Å². The van der Waals surface area contributed by atoms with Crippen molar-refractivity contribution < 1.29 is 35.5 Å². The molecule has 0 saturated heterocycles. The molecule has 0 fully saturated rings. The van der Waals surface area contributed by atoms with E-state index in [1.807, 2.05) is 91.0 Å². The normalized spacial score (nSPS) is 12.7. The van der Waals surface area contributed by atoms with Gasteiger partial charge in [0, 0.05) is 15.7 Å². The number of amides is 1. The summed E-state index contributed by atoms with van der Waals surface area (Å²) in [6.45, 7) is 0. The van der Waals surface area contributed by atoms with Crippen LogP contribution in [0.25, 0.3) is 0 Å². The largest absolute Gasteiger partial charge is 0.460 e. The summed E-state index contributed by atoms with van der Waals surface area (Å²) in [5, 5.41) is 4.14. The number of benzene rings is 4. The van der Waals surface area contributed by atoms with E-state index in [0.717, 1.165) is 22.0 Å². The lowest BCUT2D eigenvalue weighted by Gasteiger charge is -2.30. The number of rotatable bonds is 8. The minimum absolute atomic E-state index is 0.0671. The van der Waals surface area contributed by atoms with Gasteiger partial charge in [0.05, 0.1) is 5.02 Å². The molecular formula is C29H20BrClF7NOP+. The Labute approximate surface area is 245 Å². The fourth-order valence-electron chi connectivity index (χ4n) is 4.38. The Morgan fingerprint density at radius 2 is 1.15 bits per heavy atom. The molecule has 0 aromatic heterocycles. The molecule has 0 aliphatic rings. The van der Waals surface area contributed by atoms with Crippen LogP contribution in [0, 0.1) is 0 Å². The van der Waals surface area contributed by atoms with Crippen LogP contribution in [0.4, 0.5) is 36.4 Å². The average Bonchev–Trinajstić information content (AvgIpc) is 2.95. The molecule has 1 amide bonds. The molecule has 1 N–H and O–H groups in total. The van der Waals surface area contributed by atoms with Gasteiger partial charge in [-0.3, -0.25) is 4.79 Å². The van der Waals surface area contributed by atoms with Crippen LogP contribution < -0.4 is 21.2 Å². The van der Waals surface area contributed by atoms with Crippen LogP contribution in [0.5, 0.6) is 0 Å². The number of hydrogen-bond acceptors (Lipinski definition) is 1. The van der Waals surface area contributed by atoms with Crippen LogP contribution in [-0.4, -0.2) is 23.9 Å². The Balaban J connectivity index is 1.92. The Hall–Kier alpha value is -2.94. The quantitative estimate of drug-likeness (QED) is 0.147. The van der Waals surface area contributed by atoms with Crippen molar-refractivity contribution in [2.45, 2.75) is 24.2 Å². The predicted molar refractivity (Wildman–Crippen MR) is 153 cm³/mol. The van der Waals surface area contributed by atoms with Crippen molar-refractivity contribution >= 4 is 62.3 Å². The average molecular weight is 678 g/mol. The lowest BCUT2D eigenvalue weighted by Crippen LogP contribution is -2.57. The first kappa shape index (κ1) is 31.0. The molecule has 0 radical (unpaired) electrons. The number of halogens is 9. The minimum Gasteiger partial charge on any atom is -0.320 e. The Morgan fingerprint density at radius 1 is 0.732 bits per heavy atom. The molecule has 0 aliphatic heterocycles. The van der Waals surface area contributed by atoms with Crippen molar-refractivity contribution in [1.82, 2.24) is 0 Å². The van der Waals surface area contributed by atoms with Crippen LogP contribution in [0.1, 0.15) is 5.56 Å². The van der Waals surface area contributed by atoms with Crippen molar-refractivity contribution in [3.8, 4) is 0 Å². The summed E-state index contributed by atoms with van der Waals surface area (Å²) in [5.41, 5.74) is -0.237. The van der Waals surface area contributed by atoms with Crippen LogP contribution in [0.2, 0.25) is 5.02 Å². The van der Waals surface area contributed by atoms with Gasteiger partial charge in [-0.05, 0) is 64.5 Å². The van der Waals surface area contributed by atoms with E-state index in [1.165, 1.54) is 6.07 Å². The van der Waals surface area contributed by atoms with Gasteiger partial charge in [0.2, 0.25) is 0 Å². The molecule has 214 valence electrons. The van der Waals surface area contributed by atoms with Gasteiger partial charge >= 0.3 is 23.9 Å². The molecule has 41 heavy (non-hydrogen) atoms. The molecule has 4 aromatic carbocycles. The Bertz CT molecular complexity index is 1420. The lowest BCUT2D eigenvalue weighted by atomic mass is 10.1. The number of carbonyl (C=O) groups is 1. The molecule has 0 unspecified atom stereocenters. The zero-order chi connectivity index (χ0) is 30.1. The zero-order valence-electron chi connectivity index (χ0n) is 20.8. The van der Waals surface area contributed by atoms with Crippen molar-refractivity contribution in [3.63, 3.8) is 0 Å². The molecule has 4 rings (SSSR count). The second-order valence-electron chi connectivity index (χ2n) is 9.00. The molecule has 12 heteroatoms. The number of carbonyl (C=O) groups excluding carboxylic acids is 1. The molecule has 0 atom stereocenters. The third-order valence-corrected chi connectivity index (χ3v) is 12.0. The summed E-state index contributed by atoms with van der Waals surface area (Å²) in [4.78, 5) is 12.4. The van der Waals surface area contributed by atoms with Gasteiger partial charge < -0.3 is 5.32 Å². The maximum absolute atomic E-state index is 14.3. The highest BCUT2D eigenvalue weighted by Gasteiger charge is 2.76. The summed E-state index contributed by atoms with van der Waals surface area (Å²) >= 11 is 9.43. The van der Waals surface area contributed by atoms with Gasteiger partial charge in [0.15, 0.2) is 0 Å². The third-order valence-electron chi connectivity index (χ3n) is 6.43. The lowest BCUT2D eigenvalue weighted by molar-refractivity contribution is -0.343. The zero-order valence-corrected chi connectivity index (χ0v) is 24.0. The first-order valence-electron chi connectivity index (χ1n) is 11.9. The molecule has 0 aliphatic carbocycles. The summed E-state index contributed by atoms with van der Waals surface area (Å²) in [7, 11) is -2.71. The second kappa shape index (κ2) is 11.7. The van der Waals surface area contributed by atoms with E-state index in [1.54, 1.807) is 5.32 Å². The molecular weight excluding hydrogens is 658 g/mol. The number of alkyl halides is 7. The summed E-state index contributed by atoms with van der Waals surface area (Å²) in [5.74, 6) is -15.5. The van der Waals surface area contributed by atoms with Gasteiger partial charge in [-0.1, -0.05) is 66.2 Å².